The molecule has 0 aromatic carbocycles. The van der Waals surface area contributed by atoms with Crippen molar-refractivity contribution in [3.8, 4) is 0 Å². The van der Waals surface area contributed by atoms with Crippen LogP contribution in [0.4, 0.5) is 0 Å². The minimum atomic E-state index is 0.0872. The number of hydrogen-bond donors (Lipinski definition) is 1. The number of nitrogens with zero attached hydrogens (tertiary/aromatic N) is 2. The van der Waals surface area contributed by atoms with Gasteiger partial charge in [-0.05, 0) is 45.3 Å². The smallest absolute Gasteiger partial charge is 0.239 e. The van der Waals surface area contributed by atoms with Crippen molar-refractivity contribution in [2.24, 2.45) is 5.92 Å². The van der Waals surface area contributed by atoms with E-state index < -0.39 is 0 Å². The lowest BCUT2D eigenvalue weighted by Crippen LogP contribution is -2.43. The van der Waals surface area contributed by atoms with Gasteiger partial charge in [-0.2, -0.15) is 0 Å². The zero-order valence-corrected chi connectivity index (χ0v) is 10.4. The van der Waals surface area contributed by atoms with E-state index in [2.05, 4.69) is 17.3 Å². The Morgan fingerprint density at radius 2 is 2.31 bits per heavy atom. The Balaban J connectivity index is 1.78. The summed E-state index contributed by atoms with van der Waals surface area (Å²) in [7, 11) is 4.10. The molecule has 2 aliphatic heterocycles. The summed E-state index contributed by atoms with van der Waals surface area (Å²) in [5.41, 5.74) is 0. The van der Waals surface area contributed by atoms with Gasteiger partial charge in [-0.15, -0.1) is 0 Å². The first kappa shape index (κ1) is 11.9. The maximum atomic E-state index is 12.1. The van der Waals surface area contributed by atoms with E-state index in [1.54, 1.807) is 0 Å². The van der Waals surface area contributed by atoms with Crippen LogP contribution in [0.2, 0.25) is 0 Å². The zero-order valence-electron chi connectivity index (χ0n) is 10.4. The molecular formula is C12H23N3O. The number of likely N-dealkylation sites (N-methyl/N-ethyl adjacent to an activating group) is 1. The van der Waals surface area contributed by atoms with Crippen LogP contribution in [0.25, 0.3) is 0 Å². The third-order valence-electron chi connectivity index (χ3n) is 3.76. The molecule has 1 amide bonds. The highest BCUT2D eigenvalue weighted by Crippen LogP contribution is 2.16. The Morgan fingerprint density at radius 1 is 1.50 bits per heavy atom. The lowest BCUT2D eigenvalue weighted by atomic mass is 10.1. The molecule has 0 aromatic rings. The van der Waals surface area contributed by atoms with Crippen LogP contribution in [-0.4, -0.2) is 62.0 Å². The molecule has 92 valence electrons. The lowest BCUT2D eigenvalue weighted by Gasteiger charge is -2.24. The highest BCUT2D eigenvalue weighted by molar-refractivity contribution is 5.81. The summed E-state index contributed by atoms with van der Waals surface area (Å²) in [6.45, 7) is 4.22. The van der Waals surface area contributed by atoms with Gasteiger partial charge < -0.3 is 15.1 Å². The Hall–Kier alpha value is -0.610. The van der Waals surface area contributed by atoms with Crippen molar-refractivity contribution >= 4 is 5.91 Å². The molecule has 2 fully saturated rings. The van der Waals surface area contributed by atoms with E-state index in [1.165, 1.54) is 13.0 Å². The molecule has 0 saturated carbocycles. The fraction of sp³-hybridized carbons (Fsp3) is 0.917. The van der Waals surface area contributed by atoms with Crippen molar-refractivity contribution < 1.29 is 4.79 Å². The lowest BCUT2D eigenvalue weighted by molar-refractivity contribution is -0.132. The molecule has 2 aliphatic rings. The highest BCUT2D eigenvalue weighted by Gasteiger charge is 2.27. The Bertz CT molecular complexity index is 251. The summed E-state index contributed by atoms with van der Waals surface area (Å²) in [6, 6.07) is 0.0872. The molecule has 2 atom stereocenters. The number of hydrogen-bond acceptors (Lipinski definition) is 3. The summed E-state index contributed by atoms with van der Waals surface area (Å²) >= 11 is 0. The first-order valence-electron chi connectivity index (χ1n) is 6.33. The van der Waals surface area contributed by atoms with Gasteiger partial charge in [0.25, 0.3) is 0 Å². The van der Waals surface area contributed by atoms with Gasteiger partial charge in [0.05, 0.1) is 6.04 Å². The molecule has 0 aliphatic carbocycles. The van der Waals surface area contributed by atoms with Crippen LogP contribution in [0.5, 0.6) is 0 Å². The third kappa shape index (κ3) is 2.74. The molecule has 4 nitrogen and oxygen atoms in total. The summed E-state index contributed by atoms with van der Waals surface area (Å²) in [5, 5.41) is 3.27. The van der Waals surface area contributed by atoms with Crippen molar-refractivity contribution in [3.05, 3.63) is 0 Å². The van der Waals surface area contributed by atoms with Gasteiger partial charge in [-0.3, -0.25) is 4.79 Å². The van der Waals surface area contributed by atoms with E-state index in [0.29, 0.717) is 5.92 Å². The summed E-state index contributed by atoms with van der Waals surface area (Å²) in [5.74, 6) is 0.951. The van der Waals surface area contributed by atoms with Gasteiger partial charge in [-0.25, -0.2) is 0 Å². The van der Waals surface area contributed by atoms with Gasteiger partial charge in [0.15, 0.2) is 0 Å². The average Bonchev–Trinajstić information content (AvgIpc) is 2.88. The van der Waals surface area contributed by atoms with E-state index >= 15 is 0 Å². The minimum absolute atomic E-state index is 0.0872. The summed E-state index contributed by atoms with van der Waals surface area (Å²) < 4.78 is 0. The molecule has 0 aromatic heterocycles. The first-order valence-corrected chi connectivity index (χ1v) is 6.33. The molecule has 2 saturated heterocycles. The van der Waals surface area contributed by atoms with Crippen LogP contribution >= 0.6 is 0 Å². The number of amides is 1. The Kier molecular flexibility index (Phi) is 3.82. The zero-order chi connectivity index (χ0) is 11.5. The van der Waals surface area contributed by atoms with Crippen molar-refractivity contribution in [1.29, 1.82) is 0 Å². The maximum absolute atomic E-state index is 12.1. The topological polar surface area (TPSA) is 35.6 Å². The fourth-order valence-electron chi connectivity index (χ4n) is 2.81. The van der Waals surface area contributed by atoms with Crippen LogP contribution in [0.15, 0.2) is 0 Å². The standard InChI is InChI=1S/C12H23N3O/c1-14-7-5-10(8-14)9-15(2)12(16)11-4-3-6-13-11/h10-11,13H,3-9H2,1-2H3/t10?,11-/m0/s1. The molecular weight excluding hydrogens is 202 g/mol. The Morgan fingerprint density at radius 3 is 2.88 bits per heavy atom. The van der Waals surface area contributed by atoms with E-state index in [9.17, 15) is 4.79 Å². The van der Waals surface area contributed by atoms with Gasteiger partial charge in [0.2, 0.25) is 5.91 Å². The van der Waals surface area contributed by atoms with E-state index in [1.807, 2.05) is 11.9 Å². The van der Waals surface area contributed by atoms with Crippen molar-refractivity contribution in [3.63, 3.8) is 0 Å². The number of rotatable bonds is 3. The molecule has 0 spiro atoms. The largest absolute Gasteiger partial charge is 0.344 e. The van der Waals surface area contributed by atoms with Crippen LogP contribution in [0.1, 0.15) is 19.3 Å². The number of nitrogens with one attached hydrogen (secondary N) is 1. The highest BCUT2D eigenvalue weighted by atomic mass is 16.2. The molecule has 4 heteroatoms. The Labute approximate surface area is 98.0 Å². The molecule has 0 radical (unpaired) electrons. The van der Waals surface area contributed by atoms with Crippen molar-refractivity contribution in [2.75, 3.05) is 40.3 Å². The van der Waals surface area contributed by atoms with Crippen LogP contribution in [0, 0.1) is 5.92 Å². The third-order valence-corrected chi connectivity index (χ3v) is 3.76. The van der Waals surface area contributed by atoms with E-state index in [4.69, 9.17) is 0 Å². The predicted molar refractivity (Wildman–Crippen MR) is 64.3 cm³/mol. The molecule has 2 rings (SSSR count). The summed E-state index contributed by atoms with van der Waals surface area (Å²) in [6.07, 6.45) is 3.37. The molecule has 1 unspecified atom stereocenters. The minimum Gasteiger partial charge on any atom is -0.344 e. The molecule has 16 heavy (non-hydrogen) atoms. The maximum Gasteiger partial charge on any atom is 0.239 e. The van der Waals surface area contributed by atoms with Crippen LogP contribution in [0.3, 0.4) is 0 Å². The van der Waals surface area contributed by atoms with Crippen LogP contribution in [-0.2, 0) is 4.79 Å². The fourth-order valence-corrected chi connectivity index (χ4v) is 2.81. The van der Waals surface area contributed by atoms with Crippen molar-refractivity contribution in [2.45, 2.75) is 25.3 Å². The SMILES string of the molecule is CN1CCC(CN(C)C(=O)[C@@H]2CCCN2)C1. The second-order valence-electron chi connectivity index (χ2n) is 5.28. The normalized spacial score (nSPS) is 30.9. The second kappa shape index (κ2) is 5.15. The number of carbonyl (C=O) groups is 1. The van der Waals surface area contributed by atoms with E-state index in [0.717, 1.165) is 32.5 Å². The number of likely N-dealkylation sites (tertiary alicyclic amines) is 1. The van der Waals surface area contributed by atoms with Gasteiger partial charge in [-0.1, -0.05) is 0 Å². The first-order chi connectivity index (χ1) is 7.66. The van der Waals surface area contributed by atoms with Gasteiger partial charge >= 0.3 is 0 Å². The average molecular weight is 225 g/mol. The molecule has 2 heterocycles. The monoisotopic (exact) mass is 225 g/mol. The second-order valence-corrected chi connectivity index (χ2v) is 5.28. The quantitative estimate of drug-likeness (QED) is 0.742. The van der Waals surface area contributed by atoms with Crippen LogP contribution < -0.4 is 5.32 Å². The van der Waals surface area contributed by atoms with Gasteiger partial charge in [0, 0.05) is 20.1 Å². The van der Waals surface area contributed by atoms with Crippen molar-refractivity contribution in [1.82, 2.24) is 15.1 Å². The number of carbonyl (C=O) groups excluding carboxylic acids is 1. The molecule has 0 bridgehead atoms. The summed E-state index contributed by atoms with van der Waals surface area (Å²) in [4.78, 5) is 16.3. The van der Waals surface area contributed by atoms with E-state index in [-0.39, 0.29) is 11.9 Å². The predicted octanol–water partition coefficient (Wildman–Crippen LogP) is 0.149. The molecule has 1 N–H and O–H groups in total. The van der Waals surface area contributed by atoms with Gasteiger partial charge in [0.1, 0.15) is 0 Å².